The Bertz CT molecular complexity index is 301. The molecule has 1 fully saturated rings. The first kappa shape index (κ1) is 9.69. The molecule has 14 heavy (non-hydrogen) atoms. The van der Waals surface area contributed by atoms with E-state index < -0.39 is 0 Å². The molecular formula is C12H16O2. The van der Waals surface area contributed by atoms with Gasteiger partial charge in [-0.1, -0.05) is 38.1 Å². The van der Waals surface area contributed by atoms with Crippen LogP contribution in [0, 0.1) is 0 Å². The van der Waals surface area contributed by atoms with E-state index in [4.69, 9.17) is 9.47 Å². The molecule has 2 nitrogen and oxygen atoms in total. The van der Waals surface area contributed by atoms with Gasteiger partial charge in [0, 0.05) is 5.56 Å². The monoisotopic (exact) mass is 192 g/mol. The quantitative estimate of drug-likeness (QED) is 0.717. The summed E-state index contributed by atoms with van der Waals surface area (Å²) in [6.07, 6.45) is -0.145. The molecule has 2 rings (SSSR count). The highest BCUT2D eigenvalue weighted by molar-refractivity contribution is 5.30. The van der Waals surface area contributed by atoms with Gasteiger partial charge in [0.25, 0.3) is 0 Å². The van der Waals surface area contributed by atoms with Crippen molar-refractivity contribution in [3.8, 4) is 0 Å². The number of benzene rings is 1. The van der Waals surface area contributed by atoms with Gasteiger partial charge in [-0.25, -0.2) is 0 Å². The van der Waals surface area contributed by atoms with Gasteiger partial charge in [-0.2, -0.15) is 0 Å². The van der Waals surface area contributed by atoms with Crippen molar-refractivity contribution in [1.82, 2.24) is 0 Å². The lowest BCUT2D eigenvalue weighted by Crippen LogP contribution is -2.03. The second kappa shape index (κ2) is 4.11. The zero-order chi connectivity index (χ0) is 9.97. The molecule has 0 radical (unpaired) electrons. The predicted molar refractivity (Wildman–Crippen MR) is 55.2 cm³/mol. The van der Waals surface area contributed by atoms with E-state index in [9.17, 15) is 0 Å². The molecule has 0 spiro atoms. The average Bonchev–Trinajstić information content (AvgIpc) is 2.70. The number of rotatable bonds is 2. The van der Waals surface area contributed by atoms with E-state index in [1.807, 2.05) is 6.07 Å². The molecule has 0 aliphatic carbocycles. The molecule has 0 amide bonds. The van der Waals surface area contributed by atoms with Gasteiger partial charge in [-0.05, 0) is 11.5 Å². The van der Waals surface area contributed by atoms with Gasteiger partial charge >= 0.3 is 0 Å². The topological polar surface area (TPSA) is 18.5 Å². The lowest BCUT2D eigenvalue weighted by Gasteiger charge is -2.16. The van der Waals surface area contributed by atoms with Crippen molar-refractivity contribution in [2.45, 2.75) is 26.1 Å². The third-order valence-corrected chi connectivity index (χ3v) is 2.49. The van der Waals surface area contributed by atoms with Crippen molar-refractivity contribution in [1.29, 1.82) is 0 Å². The summed E-state index contributed by atoms with van der Waals surface area (Å²) in [5.74, 6) is 0.513. The van der Waals surface area contributed by atoms with Gasteiger partial charge in [-0.15, -0.1) is 0 Å². The molecule has 1 aliphatic rings. The molecule has 76 valence electrons. The second-order valence-electron chi connectivity index (χ2n) is 3.86. The van der Waals surface area contributed by atoms with Gasteiger partial charge in [0.15, 0.2) is 6.29 Å². The van der Waals surface area contributed by atoms with Crippen molar-refractivity contribution in [3.05, 3.63) is 35.4 Å². The Hall–Kier alpha value is -0.860. The summed E-state index contributed by atoms with van der Waals surface area (Å²) in [4.78, 5) is 0. The molecule has 1 aliphatic heterocycles. The highest BCUT2D eigenvalue weighted by Gasteiger charge is 2.21. The minimum Gasteiger partial charge on any atom is -0.346 e. The van der Waals surface area contributed by atoms with Gasteiger partial charge in [0.1, 0.15) is 0 Å². The number of ether oxygens (including phenoxy) is 2. The highest BCUT2D eigenvalue weighted by atomic mass is 16.7. The Morgan fingerprint density at radius 3 is 2.43 bits per heavy atom. The fourth-order valence-electron chi connectivity index (χ4n) is 1.79. The molecule has 0 saturated carbocycles. The molecule has 1 heterocycles. The lowest BCUT2D eigenvalue weighted by molar-refractivity contribution is -0.0448. The van der Waals surface area contributed by atoms with E-state index in [0.29, 0.717) is 19.1 Å². The minimum atomic E-state index is -0.145. The van der Waals surface area contributed by atoms with Crippen LogP contribution in [0.2, 0.25) is 0 Å². The lowest BCUT2D eigenvalue weighted by atomic mass is 9.97. The molecule has 2 heteroatoms. The minimum absolute atomic E-state index is 0.145. The fourth-order valence-corrected chi connectivity index (χ4v) is 1.79. The number of hydrogen-bond acceptors (Lipinski definition) is 2. The zero-order valence-corrected chi connectivity index (χ0v) is 8.69. The Morgan fingerprint density at radius 1 is 1.14 bits per heavy atom. The van der Waals surface area contributed by atoms with Crippen LogP contribution < -0.4 is 0 Å². The Labute approximate surface area is 84.8 Å². The smallest absolute Gasteiger partial charge is 0.184 e. The Morgan fingerprint density at radius 2 is 1.79 bits per heavy atom. The second-order valence-corrected chi connectivity index (χ2v) is 3.86. The van der Waals surface area contributed by atoms with Gasteiger partial charge in [0.05, 0.1) is 13.2 Å². The maximum Gasteiger partial charge on any atom is 0.184 e. The summed E-state index contributed by atoms with van der Waals surface area (Å²) < 4.78 is 11.0. The third kappa shape index (κ3) is 1.81. The van der Waals surface area contributed by atoms with Gasteiger partial charge in [0.2, 0.25) is 0 Å². The number of hydrogen-bond donors (Lipinski definition) is 0. The standard InChI is InChI=1S/C12H16O2/c1-9(2)10-5-3-4-6-11(10)12-13-7-8-14-12/h3-6,9,12H,7-8H2,1-2H3. The summed E-state index contributed by atoms with van der Waals surface area (Å²) in [5.41, 5.74) is 2.50. The molecule has 1 saturated heterocycles. The predicted octanol–water partition coefficient (Wildman–Crippen LogP) is 2.86. The average molecular weight is 192 g/mol. The summed E-state index contributed by atoms with van der Waals surface area (Å²) in [5, 5.41) is 0. The first-order valence-electron chi connectivity index (χ1n) is 5.11. The molecule has 0 bridgehead atoms. The molecule has 0 atom stereocenters. The van der Waals surface area contributed by atoms with Gasteiger partial charge < -0.3 is 9.47 Å². The van der Waals surface area contributed by atoms with Crippen LogP contribution in [0.15, 0.2) is 24.3 Å². The van der Waals surface area contributed by atoms with Crippen LogP contribution in [0.4, 0.5) is 0 Å². The molecule has 0 N–H and O–H groups in total. The van der Waals surface area contributed by atoms with E-state index in [2.05, 4.69) is 32.0 Å². The zero-order valence-electron chi connectivity index (χ0n) is 8.69. The summed E-state index contributed by atoms with van der Waals surface area (Å²) >= 11 is 0. The fraction of sp³-hybridized carbons (Fsp3) is 0.500. The van der Waals surface area contributed by atoms with Crippen LogP contribution in [0.5, 0.6) is 0 Å². The van der Waals surface area contributed by atoms with Crippen molar-refractivity contribution in [3.63, 3.8) is 0 Å². The molecule has 0 aromatic heterocycles. The van der Waals surface area contributed by atoms with Crippen molar-refractivity contribution < 1.29 is 9.47 Å². The SMILES string of the molecule is CC(C)c1ccccc1C1OCCO1. The Balaban J connectivity index is 2.30. The first-order valence-corrected chi connectivity index (χ1v) is 5.11. The molecule has 1 aromatic carbocycles. The third-order valence-electron chi connectivity index (χ3n) is 2.49. The molecule has 1 aromatic rings. The van der Waals surface area contributed by atoms with Crippen LogP contribution in [-0.4, -0.2) is 13.2 Å². The maximum atomic E-state index is 5.51. The maximum absolute atomic E-state index is 5.51. The van der Waals surface area contributed by atoms with E-state index in [1.165, 1.54) is 11.1 Å². The Kier molecular flexibility index (Phi) is 2.85. The van der Waals surface area contributed by atoms with Crippen LogP contribution in [-0.2, 0) is 9.47 Å². The normalized spacial score (nSPS) is 17.9. The van der Waals surface area contributed by atoms with Crippen LogP contribution in [0.1, 0.15) is 37.2 Å². The first-order chi connectivity index (χ1) is 6.79. The largest absolute Gasteiger partial charge is 0.346 e. The van der Waals surface area contributed by atoms with Gasteiger partial charge in [-0.3, -0.25) is 0 Å². The van der Waals surface area contributed by atoms with E-state index in [1.54, 1.807) is 0 Å². The van der Waals surface area contributed by atoms with E-state index in [0.717, 1.165) is 0 Å². The van der Waals surface area contributed by atoms with Crippen LogP contribution in [0.3, 0.4) is 0 Å². The summed E-state index contributed by atoms with van der Waals surface area (Å²) in [6, 6.07) is 8.33. The van der Waals surface area contributed by atoms with E-state index in [-0.39, 0.29) is 6.29 Å². The van der Waals surface area contributed by atoms with E-state index >= 15 is 0 Å². The summed E-state index contributed by atoms with van der Waals surface area (Å²) in [7, 11) is 0. The summed E-state index contributed by atoms with van der Waals surface area (Å²) in [6.45, 7) is 5.79. The van der Waals surface area contributed by atoms with Crippen molar-refractivity contribution in [2.75, 3.05) is 13.2 Å². The van der Waals surface area contributed by atoms with Crippen molar-refractivity contribution in [2.24, 2.45) is 0 Å². The van der Waals surface area contributed by atoms with Crippen LogP contribution in [0.25, 0.3) is 0 Å². The molecule has 0 unspecified atom stereocenters. The highest BCUT2D eigenvalue weighted by Crippen LogP contribution is 2.29. The van der Waals surface area contributed by atoms with Crippen LogP contribution >= 0.6 is 0 Å². The molecular weight excluding hydrogens is 176 g/mol. The van der Waals surface area contributed by atoms with Crippen molar-refractivity contribution >= 4 is 0 Å².